The van der Waals surface area contributed by atoms with Crippen molar-refractivity contribution in [3.63, 3.8) is 0 Å². The van der Waals surface area contributed by atoms with Crippen LogP contribution in [0.15, 0.2) is 36.7 Å². The van der Waals surface area contributed by atoms with E-state index in [-0.39, 0.29) is 18.1 Å². The number of hydrogen-bond donors (Lipinski definition) is 2. The van der Waals surface area contributed by atoms with Crippen LogP contribution in [0.2, 0.25) is 0 Å². The van der Waals surface area contributed by atoms with Gasteiger partial charge >= 0.3 is 5.97 Å². The maximum absolute atomic E-state index is 12.8. The summed E-state index contributed by atoms with van der Waals surface area (Å²) in [6.07, 6.45) is 1.83. The molecule has 1 atom stereocenters. The van der Waals surface area contributed by atoms with Crippen LogP contribution in [-0.2, 0) is 4.74 Å². The summed E-state index contributed by atoms with van der Waals surface area (Å²) in [5.74, 6) is -0.521. The summed E-state index contributed by atoms with van der Waals surface area (Å²) < 4.78 is 17.3. The molecule has 1 aromatic heterocycles. The van der Waals surface area contributed by atoms with Gasteiger partial charge in [0, 0.05) is 6.54 Å². The number of anilines is 1. The van der Waals surface area contributed by atoms with Gasteiger partial charge in [-0.2, -0.15) is 0 Å². The van der Waals surface area contributed by atoms with Crippen molar-refractivity contribution in [2.24, 2.45) is 0 Å². The monoisotopic (exact) mass is 291 g/mol. The first-order chi connectivity index (χ1) is 10.1. The van der Waals surface area contributed by atoms with E-state index in [0.717, 1.165) is 0 Å². The van der Waals surface area contributed by atoms with Gasteiger partial charge in [-0.25, -0.2) is 19.2 Å². The van der Waals surface area contributed by atoms with Crippen LogP contribution in [0.3, 0.4) is 0 Å². The molecule has 0 bridgehead atoms. The van der Waals surface area contributed by atoms with Gasteiger partial charge in [-0.1, -0.05) is 12.1 Å². The molecule has 1 aromatic carbocycles. The SMILES string of the molecule is COC(=O)c1cnc(NC[C@@H](O)c2ccc(F)cc2)cn1. The van der Waals surface area contributed by atoms with Crippen LogP contribution < -0.4 is 5.32 Å². The van der Waals surface area contributed by atoms with Crippen molar-refractivity contribution < 1.29 is 19.0 Å². The van der Waals surface area contributed by atoms with Gasteiger partial charge in [0.05, 0.1) is 25.6 Å². The molecule has 6 nitrogen and oxygen atoms in total. The van der Waals surface area contributed by atoms with Crippen LogP contribution in [-0.4, -0.2) is 34.7 Å². The lowest BCUT2D eigenvalue weighted by molar-refractivity contribution is 0.0593. The quantitative estimate of drug-likeness (QED) is 0.813. The minimum absolute atomic E-state index is 0.0992. The van der Waals surface area contributed by atoms with Crippen LogP contribution in [0.25, 0.3) is 0 Å². The van der Waals surface area contributed by atoms with E-state index in [1.807, 2.05) is 0 Å². The number of benzene rings is 1. The Hall–Kier alpha value is -2.54. The highest BCUT2D eigenvalue weighted by Gasteiger charge is 2.10. The molecular formula is C14H14FN3O3. The van der Waals surface area contributed by atoms with E-state index in [9.17, 15) is 14.3 Å². The molecule has 0 fully saturated rings. The topological polar surface area (TPSA) is 84.3 Å². The second-order valence-electron chi connectivity index (χ2n) is 4.23. The van der Waals surface area contributed by atoms with Crippen molar-refractivity contribution in [1.29, 1.82) is 0 Å². The number of nitrogens with one attached hydrogen (secondary N) is 1. The zero-order valence-corrected chi connectivity index (χ0v) is 11.3. The van der Waals surface area contributed by atoms with Gasteiger partial charge in [-0.3, -0.25) is 0 Å². The summed E-state index contributed by atoms with van der Waals surface area (Å²) in [5.41, 5.74) is 0.685. The van der Waals surface area contributed by atoms with E-state index < -0.39 is 12.1 Å². The molecule has 0 aliphatic rings. The molecule has 0 aliphatic carbocycles. The highest BCUT2D eigenvalue weighted by atomic mass is 19.1. The summed E-state index contributed by atoms with van der Waals surface area (Å²) in [5, 5.41) is 12.8. The van der Waals surface area contributed by atoms with Gasteiger partial charge in [-0.05, 0) is 17.7 Å². The lowest BCUT2D eigenvalue weighted by Crippen LogP contribution is -2.14. The molecule has 2 rings (SSSR count). The number of ether oxygens (including phenoxy) is 1. The van der Waals surface area contributed by atoms with Crippen LogP contribution >= 0.6 is 0 Å². The molecule has 0 saturated heterocycles. The maximum Gasteiger partial charge on any atom is 0.358 e. The van der Waals surface area contributed by atoms with Crippen LogP contribution in [0.4, 0.5) is 10.2 Å². The van der Waals surface area contributed by atoms with E-state index in [1.54, 1.807) is 0 Å². The fourth-order valence-electron chi connectivity index (χ4n) is 1.63. The largest absolute Gasteiger partial charge is 0.464 e. The normalized spacial score (nSPS) is 11.8. The highest BCUT2D eigenvalue weighted by molar-refractivity contribution is 5.86. The number of aromatic nitrogens is 2. The molecule has 0 radical (unpaired) electrons. The fraction of sp³-hybridized carbons (Fsp3) is 0.214. The molecule has 0 saturated carbocycles. The summed E-state index contributed by atoms with van der Waals surface area (Å²) in [6, 6.07) is 5.58. The number of methoxy groups -OCH3 is 1. The Morgan fingerprint density at radius 2 is 2.05 bits per heavy atom. The van der Waals surface area contributed by atoms with Gasteiger partial charge in [0.1, 0.15) is 11.6 Å². The molecule has 2 N–H and O–H groups in total. The molecule has 0 unspecified atom stereocenters. The number of aliphatic hydroxyl groups excluding tert-OH is 1. The minimum Gasteiger partial charge on any atom is -0.464 e. The summed E-state index contributed by atoms with van der Waals surface area (Å²) in [7, 11) is 1.26. The number of carbonyl (C=O) groups excluding carboxylic acids is 1. The van der Waals surface area contributed by atoms with Gasteiger partial charge in [0.25, 0.3) is 0 Å². The summed E-state index contributed by atoms with van der Waals surface area (Å²) >= 11 is 0. The first kappa shape index (κ1) is 14.9. The molecular weight excluding hydrogens is 277 g/mol. The summed E-state index contributed by atoms with van der Waals surface area (Å²) in [6.45, 7) is 0.178. The van der Waals surface area contributed by atoms with E-state index in [4.69, 9.17) is 0 Å². The third-order valence-electron chi connectivity index (χ3n) is 2.78. The van der Waals surface area contributed by atoms with Crippen molar-refractivity contribution in [3.8, 4) is 0 Å². The Morgan fingerprint density at radius 3 is 2.62 bits per heavy atom. The number of rotatable bonds is 5. The molecule has 0 aliphatic heterocycles. The smallest absolute Gasteiger partial charge is 0.358 e. The van der Waals surface area contributed by atoms with Gasteiger partial charge in [-0.15, -0.1) is 0 Å². The van der Waals surface area contributed by atoms with Crippen molar-refractivity contribution in [1.82, 2.24) is 9.97 Å². The zero-order valence-electron chi connectivity index (χ0n) is 11.3. The second kappa shape index (κ2) is 6.76. The average Bonchev–Trinajstić information content (AvgIpc) is 2.53. The van der Waals surface area contributed by atoms with Crippen molar-refractivity contribution in [2.75, 3.05) is 19.0 Å². The Labute approximate surface area is 120 Å². The second-order valence-corrected chi connectivity index (χ2v) is 4.23. The van der Waals surface area contributed by atoms with E-state index in [1.165, 1.54) is 43.8 Å². The van der Waals surface area contributed by atoms with Gasteiger partial charge < -0.3 is 15.2 Å². The van der Waals surface area contributed by atoms with Crippen LogP contribution in [0.5, 0.6) is 0 Å². The zero-order chi connectivity index (χ0) is 15.2. The number of hydrogen-bond acceptors (Lipinski definition) is 6. The van der Waals surface area contributed by atoms with Gasteiger partial charge in [0.15, 0.2) is 5.69 Å². The maximum atomic E-state index is 12.8. The Morgan fingerprint density at radius 1 is 1.33 bits per heavy atom. The molecule has 2 aromatic rings. The Bertz CT molecular complexity index is 602. The van der Waals surface area contributed by atoms with E-state index >= 15 is 0 Å². The molecule has 7 heteroatoms. The highest BCUT2D eigenvalue weighted by Crippen LogP contribution is 2.14. The number of nitrogens with zero attached hydrogens (tertiary/aromatic N) is 2. The van der Waals surface area contributed by atoms with Crippen molar-refractivity contribution in [3.05, 3.63) is 53.7 Å². The van der Waals surface area contributed by atoms with Crippen LogP contribution in [0.1, 0.15) is 22.2 Å². The predicted octanol–water partition coefficient (Wildman–Crippen LogP) is 1.55. The fourth-order valence-corrected chi connectivity index (χ4v) is 1.63. The number of aliphatic hydroxyl groups is 1. The third kappa shape index (κ3) is 3.96. The Kier molecular flexibility index (Phi) is 4.78. The van der Waals surface area contributed by atoms with Crippen molar-refractivity contribution in [2.45, 2.75) is 6.10 Å². The molecule has 110 valence electrons. The van der Waals surface area contributed by atoms with E-state index in [2.05, 4.69) is 20.0 Å². The molecule has 0 spiro atoms. The molecule has 0 amide bonds. The summed E-state index contributed by atoms with van der Waals surface area (Å²) in [4.78, 5) is 19.1. The average molecular weight is 291 g/mol. The minimum atomic E-state index is -0.812. The number of esters is 1. The molecule has 1 heterocycles. The van der Waals surface area contributed by atoms with E-state index in [0.29, 0.717) is 11.4 Å². The standard InChI is InChI=1S/C14H14FN3O3/c1-21-14(20)11-6-17-13(8-16-11)18-7-12(19)9-2-4-10(15)5-3-9/h2-6,8,12,19H,7H2,1H3,(H,17,18)/t12-/m1/s1. The lowest BCUT2D eigenvalue weighted by Gasteiger charge is -2.12. The van der Waals surface area contributed by atoms with Gasteiger partial charge in [0.2, 0.25) is 0 Å². The number of halogens is 1. The van der Waals surface area contributed by atoms with Crippen molar-refractivity contribution >= 4 is 11.8 Å². The Balaban J connectivity index is 1.93. The third-order valence-corrected chi connectivity index (χ3v) is 2.78. The predicted molar refractivity (Wildman–Crippen MR) is 73.2 cm³/mol. The van der Waals surface area contributed by atoms with Crippen LogP contribution in [0, 0.1) is 5.82 Å². The number of carbonyl (C=O) groups is 1. The molecule has 21 heavy (non-hydrogen) atoms. The lowest BCUT2D eigenvalue weighted by atomic mass is 10.1. The first-order valence-electron chi connectivity index (χ1n) is 6.18. The first-order valence-corrected chi connectivity index (χ1v) is 6.18.